The van der Waals surface area contributed by atoms with E-state index >= 15 is 0 Å². The van der Waals surface area contributed by atoms with Crippen molar-refractivity contribution in [3.05, 3.63) is 71.2 Å². The summed E-state index contributed by atoms with van der Waals surface area (Å²) in [5.41, 5.74) is 0.509. The summed E-state index contributed by atoms with van der Waals surface area (Å²) >= 11 is 5.98. The molecular formula is C21H19ClN2O5S. The number of halogens is 1. The Labute approximate surface area is 179 Å². The molecule has 0 spiro atoms. The average Bonchev–Trinajstić information content (AvgIpc) is 2.72. The monoisotopic (exact) mass is 446 g/mol. The van der Waals surface area contributed by atoms with Crippen LogP contribution in [0, 0.1) is 0 Å². The molecular weight excluding hydrogens is 428 g/mol. The Morgan fingerprint density at radius 1 is 1.07 bits per heavy atom. The van der Waals surface area contributed by atoms with Crippen LogP contribution in [-0.2, 0) is 19.6 Å². The highest BCUT2D eigenvalue weighted by atomic mass is 35.5. The van der Waals surface area contributed by atoms with Crippen molar-refractivity contribution in [2.24, 2.45) is 5.14 Å². The highest BCUT2D eigenvalue weighted by molar-refractivity contribution is 7.89. The summed E-state index contributed by atoms with van der Waals surface area (Å²) < 4.78 is 28.1. The highest BCUT2D eigenvalue weighted by Gasteiger charge is 2.21. The van der Waals surface area contributed by atoms with Crippen molar-refractivity contribution in [1.82, 2.24) is 0 Å². The minimum atomic E-state index is -4.02. The van der Waals surface area contributed by atoms with Crippen molar-refractivity contribution in [2.45, 2.75) is 11.8 Å². The normalized spacial score (nSPS) is 11.3. The third-order valence-electron chi connectivity index (χ3n) is 4.49. The first-order valence-corrected chi connectivity index (χ1v) is 10.9. The standard InChI is InChI=1S/C21H19ClN2O5S/c1-2-24(19-9-5-7-14-6-3-4-8-16(14)19)20(25)13-29-21(26)17-12-15(30(23,27)28)10-11-18(17)22/h3-12H,2,13H2,1H3,(H2,23,27,28). The van der Waals surface area contributed by atoms with Gasteiger partial charge in [-0.2, -0.15) is 0 Å². The number of likely N-dealkylation sites (N-methyl/N-ethyl adjacent to an activating group) is 1. The first-order chi connectivity index (χ1) is 14.2. The van der Waals surface area contributed by atoms with Gasteiger partial charge in [0.1, 0.15) is 0 Å². The van der Waals surface area contributed by atoms with Crippen LogP contribution >= 0.6 is 11.6 Å². The van der Waals surface area contributed by atoms with E-state index in [0.29, 0.717) is 12.2 Å². The molecule has 0 aliphatic heterocycles. The van der Waals surface area contributed by atoms with Crippen molar-refractivity contribution in [2.75, 3.05) is 18.1 Å². The average molecular weight is 447 g/mol. The lowest BCUT2D eigenvalue weighted by Gasteiger charge is -2.22. The van der Waals surface area contributed by atoms with Crippen LogP contribution in [0.1, 0.15) is 17.3 Å². The highest BCUT2D eigenvalue weighted by Crippen LogP contribution is 2.27. The summed E-state index contributed by atoms with van der Waals surface area (Å²) in [7, 11) is -4.02. The van der Waals surface area contributed by atoms with E-state index in [1.54, 1.807) is 0 Å². The van der Waals surface area contributed by atoms with Gasteiger partial charge in [0.2, 0.25) is 10.0 Å². The predicted molar refractivity (Wildman–Crippen MR) is 115 cm³/mol. The number of amides is 1. The van der Waals surface area contributed by atoms with E-state index in [2.05, 4.69) is 0 Å². The number of carbonyl (C=O) groups excluding carboxylic acids is 2. The SMILES string of the molecule is CCN(C(=O)COC(=O)c1cc(S(N)(=O)=O)ccc1Cl)c1cccc2ccccc12. The molecule has 0 bridgehead atoms. The molecule has 0 aliphatic carbocycles. The Hall–Kier alpha value is -2.94. The van der Waals surface area contributed by atoms with Gasteiger partial charge >= 0.3 is 5.97 Å². The number of nitrogens with zero attached hydrogens (tertiary/aromatic N) is 1. The third kappa shape index (κ3) is 4.62. The fourth-order valence-electron chi connectivity index (χ4n) is 3.05. The van der Waals surface area contributed by atoms with Gasteiger partial charge in [0, 0.05) is 11.9 Å². The quantitative estimate of drug-likeness (QED) is 0.584. The van der Waals surface area contributed by atoms with Crippen molar-refractivity contribution in [3.63, 3.8) is 0 Å². The number of sulfonamides is 1. The molecule has 3 aromatic carbocycles. The lowest BCUT2D eigenvalue weighted by Crippen LogP contribution is -2.34. The number of ether oxygens (including phenoxy) is 1. The van der Waals surface area contributed by atoms with Gasteiger partial charge in [-0.25, -0.2) is 18.4 Å². The Kier molecular flexibility index (Phi) is 6.40. The lowest BCUT2D eigenvalue weighted by molar-refractivity contribution is -0.121. The molecule has 1 amide bonds. The van der Waals surface area contributed by atoms with Gasteiger partial charge in [0.25, 0.3) is 5.91 Å². The van der Waals surface area contributed by atoms with Crippen molar-refractivity contribution in [3.8, 4) is 0 Å². The zero-order chi connectivity index (χ0) is 21.9. The Morgan fingerprint density at radius 2 is 1.77 bits per heavy atom. The number of hydrogen-bond donors (Lipinski definition) is 1. The largest absolute Gasteiger partial charge is 0.452 e. The van der Waals surface area contributed by atoms with Crippen LogP contribution in [0.5, 0.6) is 0 Å². The summed E-state index contributed by atoms with van der Waals surface area (Å²) in [4.78, 5) is 26.4. The van der Waals surface area contributed by atoms with Gasteiger partial charge in [0.05, 0.1) is 21.2 Å². The summed E-state index contributed by atoms with van der Waals surface area (Å²) in [5.74, 6) is -1.35. The molecule has 156 valence electrons. The van der Waals surface area contributed by atoms with Crippen LogP contribution < -0.4 is 10.0 Å². The summed E-state index contributed by atoms with van der Waals surface area (Å²) in [5, 5.41) is 6.94. The van der Waals surface area contributed by atoms with Crippen molar-refractivity contribution >= 4 is 50.0 Å². The molecule has 0 heterocycles. The van der Waals surface area contributed by atoms with Crippen LogP contribution in [0.3, 0.4) is 0 Å². The van der Waals surface area contributed by atoms with E-state index in [1.165, 1.54) is 17.0 Å². The van der Waals surface area contributed by atoms with E-state index in [4.69, 9.17) is 21.5 Å². The number of benzene rings is 3. The van der Waals surface area contributed by atoms with E-state index in [-0.39, 0.29) is 15.5 Å². The number of anilines is 1. The summed E-state index contributed by atoms with van der Waals surface area (Å²) in [6.45, 7) is 1.64. The molecule has 3 aromatic rings. The Balaban J connectivity index is 1.80. The van der Waals surface area contributed by atoms with Gasteiger partial charge in [0.15, 0.2) is 6.61 Å². The van der Waals surface area contributed by atoms with Gasteiger partial charge in [-0.1, -0.05) is 48.0 Å². The first-order valence-electron chi connectivity index (χ1n) is 9.00. The van der Waals surface area contributed by atoms with Crippen molar-refractivity contribution in [1.29, 1.82) is 0 Å². The molecule has 0 saturated carbocycles. The van der Waals surface area contributed by atoms with Gasteiger partial charge in [-0.15, -0.1) is 0 Å². The van der Waals surface area contributed by atoms with Crippen molar-refractivity contribution < 1.29 is 22.7 Å². The van der Waals surface area contributed by atoms with Crippen LogP contribution in [0.25, 0.3) is 10.8 Å². The second-order valence-electron chi connectivity index (χ2n) is 6.40. The first kappa shape index (κ1) is 21.8. The van der Waals surface area contributed by atoms with Crippen LogP contribution in [0.15, 0.2) is 65.6 Å². The number of nitrogens with two attached hydrogens (primary N) is 1. The second-order valence-corrected chi connectivity index (χ2v) is 8.37. The third-order valence-corrected chi connectivity index (χ3v) is 5.73. The maximum atomic E-state index is 12.8. The number of primary sulfonamides is 1. The molecule has 30 heavy (non-hydrogen) atoms. The molecule has 3 rings (SSSR count). The molecule has 0 radical (unpaired) electrons. The topological polar surface area (TPSA) is 107 Å². The lowest BCUT2D eigenvalue weighted by atomic mass is 10.1. The summed E-state index contributed by atoms with van der Waals surface area (Å²) in [6, 6.07) is 16.7. The zero-order valence-electron chi connectivity index (χ0n) is 16.0. The second kappa shape index (κ2) is 8.83. The number of esters is 1. The predicted octanol–water partition coefficient (Wildman–Crippen LogP) is 3.35. The number of hydrogen-bond acceptors (Lipinski definition) is 5. The van der Waals surface area contributed by atoms with Crippen LogP contribution in [-0.4, -0.2) is 33.4 Å². The molecule has 0 aliphatic rings. The van der Waals surface area contributed by atoms with Crippen LogP contribution in [0.4, 0.5) is 5.69 Å². The Morgan fingerprint density at radius 3 is 2.47 bits per heavy atom. The fraction of sp³-hybridized carbons (Fsp3) is 0.143. The van der Waals surface area contributed by atoms with E-state index in [1.807, 2.05) is 49.4 Å². The van der Waals surface area contributed by atoms with Gasteiger partial charge in [-0.3, -0.25) is 4.79 Å². The maximum Gasteiger partial charge on any atom is 0.340 e. The van der Waals surface area contributed by atoms with E-state index in [0.717, 1.165) is 16.8 Å². The molecule has 0 unspecified atom stereocenters. The minimum Gasteiger partial charge on any atom is -0.452 e. The molecule has 7 nitrogen and oxygen atoms in total. The molecule has 2 N–H and O–H groups in total. The molecule has 0 aromatic heterocycles. The molecule has 0 atom stereocenters. The maximum absolute atomic E-state index is 12.8. The number of rotatable bonds is 6. The number of carbonyl (C=O) groups is 2. The fourth-order valence-corrected chi connectivity index (χ4v) is 3.78. The molecule has 9 heteroatoms. The Bertz CT molecular complexity index is 1220. The summed E-state index contributed by atoms with van der Waals surface area (Å²) in [6.07, 6.45) is 0. The van der Waals surface area contributed by atoms with Gasteiger partial charge in [-0.05, 0) is 36.6 Å². The van der Waals surface area contributed by atoms with Crippen LogP contribution in [0.2, 0.25) is 5.02 Å². The van der Waals surface area contributed by atoms with Gasteiger partial charge < -0.3 is 9.64 Å². The molecule has 0 saturated heterocycles. The smallest absolute Gasteiger partial charge is 0.340 e. The molecule has 0 fully saturated rings. The number of fused-ring (bicyclic) bond motifs is 1. The van der Waals surface area contributed by atoms with E-state index in [9.17, 15) is 18.0 Å². The zero-order valence-corrected chi connectivity index (χ0v) is 17.6. The minimum absolute atomic E-state index is 0.0127. The van der Waals surface area contributed by atoms with E-state index < -0.39 is 28.5 Å².